The van der Waals surface area contributed by atoms with E-state index in [1.807, 2.05) is 24.3 Å². The van der Waals surface area contributed by atoms with Gasteiger partial charge < -0.3 is 0 Å². The van der Waals surface area contributed by atoms with Crippen molar-refractivity contribution in [2.75, 3.05) is 0 Å². The van der Waals surface area contributed by atoms with Gasteiger partial charge in [-0.3, -0.25) is 0 Å². The van der Waals surface area contributed by atoms with Crippen LogP contribution in [0.5, 0.6) is 0 Å². The van der Waals surface area contributed by atoms with E-state index < -0.39 is 0 Å². The quantitative estimate of drug-likeness (QED) is 0.445. The van der Waals surface area contributed by atoms with Crippen LogP contribution in [-0.2, 0) is 6.61 Å². The van der Waals surface area contributed by atoms with Gasteiger partial charge in [-0.25, -0.2) is 0 Å². The molecule has 0 aromatic heterocycles. The van der Waals surface area contributed by atoms with Crippen molar-refractivity contribution in [1.82, 2.24) is 0 Å². The summed E-state index contributed by atoms with van der Waals surface area (Å²) in [7, 11) is 0. The van der Waals surface area contributed by atoms with Gasteiger partial charge in [-0.15, -0.1) is 0 Å². The van der Waals surface area contributed by atoms with E-state index >= 15 is 0 Å². The van der Waals surface area contributed by atoms with Gasteiger partial charge >= 0.3 is 93.4 Å². The summed E-state index contributed by atoms with van der Waals surface area (Å²) < 4.78 is 1.24. The maximum atomic E-state index is 10.5. The summed E-state index contributed by atoms with van der Waals surface area (Å²) in [6.45, 7) is -0.0776. The predicted molar refractivity (Wildman–Crippen MR) is 41.3 cm³/mol. The molecule has 0 amide bonds. The van der Waals surface area contributed by atoms with Crippen molar-refractivity contribution in [3.63, 3.8) is 0 Å². The summed E-state index contributed by atoms with van der Waals surface area (Å²) in [5.74, 6) is 0. The minimum atomic E-state index is -0.0776. The second kappa shape index (κ2) is 6.41. The third kappa shape index (κ3) is 3.41. The molecular weight excluding hydrogens is 193 g/mol. The topological polar surface area (TPSA) is 23.1 Å². The fraction of sp³-hybridized carbons (Fsp3) is 0.143. The number of benzene rings is 1. The molecule has 0 heterocycles. The Balaban J connectivity index is 0.000001000. The van der Waals surface area contributed by atoms with E-state index in [0.29, 0.717) is 12.8 Å². The molecule has 1 aromatic carbocycles. The van der Waals surface area contributed by atoms with E-state index in [2.05, 4.69) is 15.8 Å². The predicted octanol–water partition coefficient (Wildman–Crippen LogP) is -4.04. The van der Waals surface area contributed by atoms with Gasteiger partial charge in [-0.1, -0.05) is 0 Å². The standard InChI is InChI=1S/C7H7OSe.2Li/c8-5-6-3-1-2-4-7(6)9;;/h1-4,9H,5H2;;/q-1;2*+1/p-1. The summed E-state index contributed by atoms with van der Waals surface area (Å²) in [6, 6.07) is 7.85. The zero-order chi connectivity index (χ0) is 7.40. The Morgan fingerprint density at radius 2 is 2.00 bits per heavy atom. The summed E-state index contributed by atoms with van der Waals surface area (Å²) in [5.41, 5.74) is 0.963. The number of hydrogen-bond donors (Lipinski definition) is 0. The van der Waals surface area contributed by atoms with Gasteiger partial charge in [-0.05, 0) is 0 Å². The van der Waals surface area contributed by atoms with E-state index in [4.69, 9.17) is 0 Å². The second-order valence-electron chi connectivity index (χ2n) is 1.96. The molecule has 1 rings (SSSR count). The molecule has 0 radical (unpaired) electrons. The molecule has 11 heavy (non-hydrogen) atoms. The Kier molecular flexibility index (Phi) is 6.94. The third-order valence-electron chi connectivity index (χ3n) is 1.35. The molecule has 0 unspecified atom stereocenters. The summed E-state index contributed by atoms with van der Waals surface area (Å²) in [4.78, 5) is 0. The first kappa shape index (κ1) is 11.9. The molecule has 0 spiro atoms. The van der Waals surface area contributed by atoms with Crippen molar-refractivity contribution < 1.29 is 24.0 Å². The van der Waals surface area contributed by atoms with E-state index in [-0.39, 0.29) is 25.5 Å². The van der Waals surface area contributed by atoms with Crippen LogP contribution in [-0.4, -0.2) is 28.5 Å². The van der Waals surface area contributed by atoms with Crippen LogP contribution in [0.1, 0.15) is 5.56 Å². The number of hydrogen-bond acceptors (Lipinski definition) is 1. The van der Waals surface area contributed by atoms with Gasteiger partial charge in [0, 0.05) is 0 Å². The van der Waals surface area contributed by atoms with Crippen LogP contribution < -0.4 is 28.4 Å². The van der Waals surface area contributed by atoms with Crippen molar-refractivity contribution in [1.29, 1.82) is 0 Å². The maximum absolute atomic E-state index is 10.5. The molecule has 0 saturated heterocycles. The summed E-state index contributed by atoms with van der Waals surface area (Å²) in [6.07, 6.45) is 0. The van der Waals surface area contributed by atoms with Crippen molar-refractivity contribution >= 4 is 33.0 Å². The first-order chi connectivity index (χ1) is 4.88. The Hall–Kier alpha value is 0.894. The van der Waals surface area contributed by atoms with Crippen LogP contribution in [0.2, 0.25) is 0 Å². The second-order valence-corrected chi connectivity index (χ2v) is 3.74. The van der Waals surface area contributed by atoms with Crippen molar-refractivity contribution in [3.8, 4) is 0 Å². The molecule has 0 aliphatic carbocycles. The Bertz CT molecular complexity index is 194. The van der Waals surface area contributed by atoms with Gasteiger partial charge in [0.2, 0.25) is 0 Å². The zero-order valence-electron chi connectivity index (χ0n) is 6.83. The van der Waals surface area contributed by atoms with Crippen LogP contribution in [0.15, 0.2) is 24.3 Å². The Morgan fingerprint density at radius 1 is 1.36 bits per heavy atom. The molecule has 48 valence electrons. The van der Waals surface area contributed by atoms with E-state index in [1.165, 1.54) is 4.46 Å². The molecule has 4 heteroatoms. The van der Waals surface area contributed by atoms with Crippen molar-refractivity contribution in [3.05, 3.63) is 29.8 Å². The summed E-state index contributed by atoms with van der Waals surface area (Å²) >= 11 is 2.59. The minimum absolute atomic E-state index is 0. The van der Waals surface area contributed by atoms with E-state index in [9.17, 15) is 5.11 Å². The van der Waals surface area contributed by atoms with Gasteiger partial charge in [0.25, 0.3) is 0 Å². The van der Waals surface area contributed by atoms with Crippen LogP contribution in [0.4, 0.5) is 0 Å². The van der Waals surface area contributed by atoms with Crippen LogP contribution in [0.3, 0.4) is 0 Å². The SMILES string of the molecule is [Li+].[Li][Se]c1ccccc1C[O-]. The van der Waals surface area contributed by atoms with Gasteiger partial charge in [0.05, 0.1) is 0 Å². The molecule has 0 bridgehead atoms. The molecule has 0 atom stereocenters. The molecule has 0 aliphatic rings. The monoisotopic (exact) mass is 200 g/mol. The van der Waals surface area contributed by atoms with Crippen molar-refractivity contribution in [2.24, 2.45) is 0 Å². The molecule has 1 aromatic rings. The van der Waals surface area contributed by atoms with Gasteiger partial charge in [-0.2, -0.15) is 0 Å². The van der Waals surface area contributed by atoms with Crippen LogP contribution >= 0.6 is 0 Å². The fourth-order valence-electron chi connectivity index (χ4n) is 0.822. The van der Waals surface area contributed by atoms with E-state index in [0.717, 1.165) is 5.56 Å². The molecule has 0 fully saturated rings. The Labute approximate surface area is 92.8 Å². The normalized spacial score (nSPS) is 9.00. The molecule has 0 aliphatic heterocycles. The zero-order valence-corrected chi connectivity index (χ0v) is 8.55. The number of rotatable bonds is 2. The molecule has 1 nitrogen and oxygen atoms in total. The van der Waals surface area contributed by atoms with Crippen LogP contribution in [0, 0.1) is 0 Å². The first-order valence-corrected chi connectivity index (χ1v) is 5.65. The summed E-state index contributed by atoms with van der Waals surface area (Å²) in [5, 5.41) is 10.5. The molecule has 0 saturated carbocycles. The van der Waals surface area contributed by atoms with Gasteiger partial charge in [0.15, 0.2) is 0 Å². The van der Waals surface area contributed by atoms with Crippen molar-refractivity contribution in [2.45, 2.75) is 6.61 Å². The Morgan fingerprint density at radius 3 is 2.45 bits per heavy atom. The molecule has 0 N–H and O–H groups in total. The average molecular weight is 199 g/mol. The van der Waals surface area contributed by atoms with Gasteiger partial charge in [0.1, 0.15) is 0 Å². The third-order valence-corrected chi connectivity index (χ3v) is 3.11. The molecular formula is C7H6Li2OSe. The van der Waals surface area contributed by atoms with Crippen LogP contribution in [0.25, 0.3) is 0 Å². The fourth-order valence-corrected chi connectivity index (χ4v) is 2.09. The average Bonchev–Trinajstić information content (AvgIpc) is 2.04. The first-order valence-electron chi connectivity index (χ1n) is 3.08. The van der Waals surface area contributed by atoms with E-state index in [1.54, 1.807) is 0 Å².